The lowest BCUT2D eigenvalue weighted by molar-refractivity contribution is 0.206. The van der Waals surface area contributed by atoms with Crippen molar-refractivity contribution in [2.24, 2.45) is 4.99 Å². The highest BCUT2D eigenvalue weighted by molar-refractivity contribution is 6.30. The van der Waals surface area contributed by atoms with Crippen molar-refractivity contribution < 1.29 is 0 Å². The van der Waals surface area contributed by atoms with E-state index in [1.165, 1.54) is 44.5 Å². The van der Waals surface area contributed by atoms with Crippen LogP contribution < -0.4 is 10.6 Å². The van der Waals surface area contributed by atoms with Gasteiger partial charge < -0.3 is 20.4 Å². The van der Waals surface area contributed by atoms with E-state index in [1.54, 1.807) is 0 Å². The largest absolute Gasteiger partial charge is 0.357 e. The molecule has 0 amide bonds. The van der Waals surface area contributed by atoms with Gasteiger partial charge in [-0.05, 0) is 64.5 Å². The molecule has 0 saturated carbocycles. The van der Waals surface area contributed by atoms with Crippen molar-refractivity contribution in [1.29, 1.82) is 0 Å². The Hall–Kier alpha value is -1.30. The van der Waals surface area contributed by atoms with Crippen LogP contribution in [0.25, 0.3) is 0 Å². The summed E-state index contributed by atoms with van der Waals surface area (Å²) in [6.07, 6.45) is 3.59. The van der Waals surface area contributed by atoms with Gasteiger partial charge in [0.25, 0.3) is 0 Å². The van der Waals surface area contributed by atoms with Crippen LogP contribution in [0.3, 0.4) is 0 Å². The Morgan fingerprint density at radius 3 is 2.44 bits per heavy atom. The Kier molecular flexibility index (Phi) is 9.39. The number of likely N-dealkylation sites (N-methyl/N-ethyl adjacent to an activating group) is 1. The number of nitrogens with zero attached hydrogens (tertiary/aromatic N) is 3. The van der Waals surface area contributed by atoms with E-state index < -0.39 is 0 Å². The molecule has 1 atom stereocenters. The van der Waals surface area contributed by atoms with Crippen LogP contribution in [0, 0.1) is 0 Å². The molecule has 5 nitrogen and oxygen atoms in total. The third kappa shape index (κ3) is 7.32. The van der Waals surface area contributed by atoms with E-state index in [1.807, 2.05) is 12.1 Å². The molecule has 2 N–H and O–H groups in total. The van der Waals surface area contributed by atoms with Crippen LogP contribution in [-0.4, -0.2) is 68.6 Å². The number of nitrogens with one attached hydrogen (secondary N) is 2. The molecule has 0 aromatic heterocycles. The van der Waals surface area contributed by atoms with Gasteiger partial charge in [-0.3, -0.25) is 4.99 Å². The van der Waals surface area contributed by atoms with Crippen molar-refractivity contribution in [2.45, 2.75) is 45.2 Å². The molecule has 1 aromatic carbocycles. The molecule has 0 spiro atoms. The van der Waals surface area contributed by atoms with Gasteiger partial charge in [-0.15, -0.1) is 0 Å². The molecule has 1 unspecified atom stereocenters. The summed E-state index contributed by atoms with van der Waals surface area (Å²) in [6.45, 7) is 9.51. The lowest BCUT2D eigenvalue weighted by atomic mass is 10.1. The monoisotopic (exact) mass is 393 g/mol. The van der Waals surface area contributed by atoms with Gasteiger partial charge in [0.1, 0.15) is 0 Å². The average molecular weight is 394 g/mol. The van der Waals surface area contributed by atoms with Crippen LogP contribution in [-0.2, 0) is 0 Å². The van der Waals surface area contributed by atoms with Crippen molar-refractivity contribution in [3.63, 3.8) is 0 Å². The van der Waals surface area contributed by atoms with Crippen LogP contribution >= 0.6 is 11.6 Å². The molecule has 1 aliphatic heterocycles. The number of benzene rings is 1. The van der Waals surface area contributed by atoms with Gasteiger partial charge in [0.15, 0.2) is 5.96 Å². The maximum atomic E-state index is 6.04. The minimum atomic E-state index is 0.226. The van der Waals surface area contributed by atoms with Crippen LogP contribution in [0.2, 0.25) is 5.02 Å². The predicted octanol–water partition coefficient (Wildman–Crippen LogP) is 3.37. The third-order valence-corrected chi connectivity index (χ3v) is 5.36. The highest BCUT2D eigenvalue weighted by atomic mass is 35.5. The van der Waals surface area contributed by atoms with Gasteiger partial charge in [0.05, 0.1) is 12.6 Å². The fourth-order valence-electron chi connectivity index (χ4n) is 3.56. The Morgan fingerprint density at radius 2 is 1.89 bits per heavy atom. The molecule has 2 rings (SSSR count). The first kappa shape index (κ1) is 22.0. The van der Waals surface area contributed by atoms with E-state index in [0.29, 0.717) is 12.6 Å². The van der Waals surface area contributed by atoms with Gasteiger partial charge in [0, 0.05) is 30.7 Å². The number of aliphatic imine (C=N–C) groups is 1. The number of piperidine rings is 1. The number of likely N-dealkylation sites (tertiary alicyclic amines) is 1. The van der Waals surface area contributed by atoms with Crippen LogP contribution in [0.4, 0.5) is 0 Å². The molecule has 27 heavy (non-hydrogen) atoms. The number of hydrogen-bond acceptors (Lipinski definition) is 3. The van der Waals surface area contributed by atoms with Crippen molar-refractivity contribution in [3.05, 3.63) is 34.9 Å². The SMILES string of the molecule is CCCN1CCC(NC(=NCC(c2ccc(Cl)cc2)N(C)C)NCC)CC1. The number of rotatable bonds is 8. The number of hydrogen-bond donors (Lipinski definition) is 2. The quantitative estimate of drug-likeness (QED) is 0.525. The summed E-state index contributed by atoms with van der Waals surface area (Å²) < 4.78 is 0. The Balaban J connectivity index is 1.97. The summed E-state index contributed by atoms with van der Waals surface area (Å²) in [4.78, 5) is 9.66. The lowest BCUT2D eigenvalue weighted by Gasteiger charge is -2.33. The molecule has 1 heterocycles. The van der Waals surface area contributed by atoms with Crippen LogP contribution in [0.5, 0.6) is 0 Å². The minimum absolute atomic E-state index is 0.226. The summed E-state index contributed by atoms with van der Waals surface area (Å²) in [7, 11) is 4.19. The molecular weight excluding hydrogens is 358 g/mol. The molecule has 152 valence electrons. The molecule has 1 aliphatic rings. The summed E-state index contributed by atoms with van der Waals surface area (Å²) in [5.74, 6) is 0.923. The summed E-state index contributed by atoms with van der Waals surface area (Å²) in [5, 5.41) is 7.82. The maximum Gasteiger partial charge on any atom is 0.191 e. The van der Waals surface area contributed by atoms with Crippen molar-refractivity contribution >= 4 is 17.6 Å². The second-order valence-electron chi connectivity index (χ2n) is 7.51. The van der Waals surface area contributed by atoms with Gasteiger partial charge in [0.2, 0.25) is 0 Å². The second-order valence-corrected chi connectivity index (χ2v) is 7.95. The molecule has 0 radical (unpaired) electrons. The molecule has 6 heteroatoms. The van der Waals surface area contributed by atoms with E-state index in [4.69, 9.17) is 16.6 Å². The summed E-state index contributed by atoms with van der Waals surface area (Å²) in [5.41, 5.74) is 1.23. The van der Waals surface area contributed by atoms with Gasteiger partial charge in [-0.2, -0.15) is 0 Å². The van der Waals surface area contributed by atoms with E-state index >= 15 is 0 Å². The van der Waals surface area contributed by atoms with Crippen molar-refractivity contribution in [2.75, 3.05) is 46.8 Å². The van der Waals surface area contributed by atoms with Gasteiger partial charge in [-0.1, -0.05) is 30.7 Å². The van der Waals surface area contributed by atoms with Crippen LogP contribution in [0.15, 0.2) is 29.3 Å². The molecule has 1 aromatic rings. The fraction of sp³-hybridized carbons (Fsp3) is 0.667. The minimum Gasteiger partial charge on any atom is -0.357 e. The Morgan fingerprint density at radius 1 is 1.22 bits per heavy atom. The molecule has 0 aliphatic carbocycles. The van der Waals surface area contributed by atoms with Gasteiger partial charge in [-0.25, -0.2) is 0 Å². The zero-order valence-electron chi connectivity index (χ0n) is 17.3. The first-order chi connectivity index (χ1) is 13.0. The highest BCUT2D eigenvalue weighted by Crippen LogP contribution is 2.21. The Bertz CT molecular complexity index is 564. The fourth-order valence-corrected chi connectivity index (χ4v) is 3.69. The highest BCUT2D eigenvalue weighted by Gasteiger charge is 2.20. The third-order valence-electron chi connectivity index (χ3n) is 5.11. The number of guanidine groups is 1. The molecule has 1 saturated heterocycles. The van der Waals surface area contributed by atoms with Gasteiger partial charge >= 0.3 is 0 Å². The van der Waals surface area contributed by atoms with E-state index in [2.05, 4.69) is 60.5 Å². The number of halogens is 1. The maximum absolute atomic E-state index is 6.04. The molecular formula is C21H36ClN5. The van der Waals surface area contributed by atoms with Crippen molar-refractivity contribution in [1.82, 2.24) is 20.4 Å². The standard InChI is InChI=1S/C21H36ClN5/c1-5-13-27-14-11-19(12-15-27)25-21(23-6-2)24-16-20(26(3)4)17-7-9-18(22)10-8-17/h7-10,19-20H,5-6,11-16H2,1-4H3,(H2,23,24,25). The summed E-state index contributed by atoms with van der Waals surface area (Å²) in [6, 6.07) is 8.81. The second kappa shape index (κ2) is 11.5. The zero-order chi connectivity index (χ0) is 19.6. The summed E-state index contributed by atoms with van der Waals surface area (Å²) >= 11 is 6.04. The van der Waals surface area contributed by atoms with E-state index in [0.717, 1.165) is 17.5 Å². The zero-order valence-corrected chi connectivity index (χ0v) is 18.1. The smallest absolute Gasteiger partial charge is 0.191 e. The normalized spacial score (nSPS) is 17.9. The first-order valence-corrected chi connectivity index (χ1v) is 10.6. The lowest BCUT2D eigenvalue weighted by Crippen LogP contribution is -2.49. The predicted molar refractivity (Wildman–Crippen MR) is 117 cm³/mol. The first-order valence-electron chi connectivity index (χ1n) is 10.2. The van der Waals surface area contributed by atoms with E-state index in [9.17, 15) is 0 Å². The average Bonchev–Trinajstić information content (AvgIpc) is 2.65. The topological polar surface area (TPSA) is 42.9 Å². The van der Waals surface area contributed by atoms with Crippen molar-refractivity contribution in [3.8, 4) is 0 Å². The molecule has 1 fully saturated rings. The van der Waals surface area contributed by atoms with E-state index in [-0.39, 0.29) is 6.04 Å². The molecule has 0 bridgehead atoms. The Labute approximate surface area is 170 Å². The van der Waals surface area contributed by atoms with Crippen LogP contribution in [0.1, 0.15) is 44.7 Å².